The lowest BCUT2D eigenvalue weighted by molar-refractivity contribution is 0.540. The van der Waals surface area contributed by atoms with Gasteiger partial charge in [-0.2, -0.15) is 0 Å². The number of rotatable bonds is 2. The average molecular weight is 220 g/mol. The highest BCUT2D eigenvalue weighted by molar-refractivity contribution is 8.61. The highest BCUT2D eigenvalue weighted by Gasteiger charge is 2.14. The summed E-state index contributed by atoms with van der Waals surface area (Å²) >= 11 is 0. The molecule has 5 nitrogen and oxygen atoms in total. The summed E-state index contributed by atoms with van der Waals surface area (Å²) in [6.07, 6.45) is 0. The van der Waals surface area contributed by atoms with E-state index in [-0.39, 0.29) is 4.90 Å². The van der Waals surface area contributed by atoms with Crippen molar-refractivity contribution in [1.82, 2.24) is 0 Å². The molecule has 0 fully saturated rings. The Morgan fingerprint density at radius 1 is 1.23 bits per heavy atom. The summed E-state index contributed by atoms with van der Waals surface area (Å²) in [6, 6.07) is 4.92. The van der Waals surface area contributed by atoms with Crippen LogP contribution in [-0.2, 0) is 19.0 Å². The van der Waals surface area contributed by atoms with E-state index in [1.54, 1.807) is 0 Å². The zero-order valence-corrected chi connectivity index (χ0v) is 7.97. The maximum Gasteiger partial charge on any atom is 0.245 e. The van der Waals surface area contributed by atoms with Crippen molar-refractivity contribution in [1.29, 1.82) is 0 Å². The molecule has 72 valence electrons. The summed E-state index contributed by atoms with van der Waals surface area (Å²) < 4.78 is 42.6. The molecule has 1 aromatic rings. The molecule has 0 spiro atoms. The first-order valence-electron chi connectivity index (χ1n) is 3.15. The number of hydrogen-bond donors (Lipinski definition) is 1. The summed E-state index contributed by atoms with van der Waals surface area (Å²) in [5, 5.41) is 0. The van der Waals surface area contributed by atoms with Gasteiger partial charge in [0.15, 0.2) is 0 Å². The Balaban J connectivity index is 3.25. The van der Waals surface area contributed by atoms with E-state index in [1.807, 2.05) is 0 Å². The molecule has 13 heavy (non-hydrogen) atoms. The number of benzene rings is 1. The van der Waals surface area contributed by atoms with E-state index in [4.69, 9.17) is 5.73 Å². The van der Waals surface area contributed by atoms with Crippen molar-refractivity contribution in [2.24, 2.45) is 0 Å². The highest BCUT2D eigenvalue weighted by atomic mass is 33.2. The van der Waals surface area contributed by atoms with Gasteiger partial charge in [-0.3, -0.25) is 4.21 Å². The first-order valence-corrected chi connectivity index (χ1v) is 6.22. The van der Waals surface area contributed by atoms with Crippen LogP contribution in [0.1, 0.15) is 0 Å². The van der Waals surface area contributed by atoms with E-state index in [0.717, 1.165) is 12.1 Å². The van der Waals surface area contributed by atoms with Crippen molar-refractivity contribution in [2.45, 2.75) is 4.90 Å². The summed E-state index contributed by atoms with van der Waals surface area (Å²) in [5.41, 5.74) is 5.67. The maximum atomic E-state index is 11.0. The number of hydrogen-bond acceptors (Lipinski definition) is 5. The van der Waals surface area contributed by atoms with Crippen LogP contribution in [0.4, 0.5) is 5.69 Å². The summed E-state index contributed by atoms with van der Waals surface area (Å²) in [4.78, 5) is -0.282. The monoisotopic (exact) mass is 220 g/mol. The molecule has 1 atom stereocenters. The van der Waals surface area contributed by atoms with Crippen molar-refractivity contribution < 1.29 is 17.2 Å². The summed E-state index contributed by atoms with van der Waals surface area (Å²) in [6.45, 7) is 0. The van der Waals surface area contributed by atoms with Gasteiger partial charge < -0.3 is 10.3 Å². The fourth-order valence-electron chi connectivity index (χ4n) is 0.713. The highest BCUT2D eigenvalue weighted by Crippen LogP contribution is 2.14. The third-order valence-electron chi connectivity index (χ3n) is 1.35. The van der Waals surface area contributed by atoms with Gasteiger partial charge in [0.2, 0.25) is 8.87 Å². The quantitative estimate of drug-likeness (QED) is 0.424. The standard InChI is InChI=1S/C6H7NO4S2/c7-5-1-3-6(4-2-5)13(10,11)12(8)9/h1-4H,7H2,(H,8,9)/p-1. The molecule has 1 rings (SSSR count). The van der Waals surface area contributed by atoms with Crippen molar-refractivity contribution >= 4 is 24.7 Å². The molecule has 0 aliphatic carbocycles. The number of nitrogens with two attached hydrogens (primary N) is 1. The number of anilines is 1. The Bertz CT molecular complexity index is 422. The lowest BCUT2D eigenvalue weighted by Gasteiger charge is -2.06. The normalized spacial score (nSPS) is 13.9. The minimum Gasteiger partial charge on any atom is -0.760 e. The molecule has 0 saturated carbocycles. The summed E-state index contributed by atoms with van der Waals surface area (Å²) in [7, 11) is -7.38. The van der Waals surface area contributed by atoms with Gasteiger partial charge >= 0.3 is 0 Å². The van der Waals surface area contributed by atoms with Crippen LogP contribution in [0, 0.1) is 0 Å². The maximum absolute atomic E-state index is 11.0. The fourth-order valence-corrected chi connectivity index (χ4v) is 2.14. The lowest BCUT2D eigenvalue weighted by atomic mass is 10.3. The van der Waals surface area contributed by atoms with E-state index >= 15 is 0 Å². The molecular formula is C6H6NO4S2-. The minimum atomic E-state index is -4.23. The van der Waals surface area contributed by atoms with Crippen molar-refractivity contribution in [3.8, 4) is 0 Å². The van der Waals surface area contributed by atoms with Gasteiger partial charge in [0.1, 0.15) is 0 Å². The molecule has 0 amide bonds. The average Bonchev–Trinajstić information content (AvgIpc) is 2.04. The Hall–Kier alpha value is -0.920. The van der Waals surface area contributed by atoms with Gasteiger partial charge in [0.05, 0.1) is 15.0 Å². The second kappa shape index (κ2) is 3.44. The van der Waals surface area contributed by atoms with Crippen LogP contribution in [0.25, 0.3) is 0 Å². The molecule has 0 aliphatic rings. The van der Waals surface area contributed by atoms with Crippen LogP contribution >= 0.6 is 0 Å². The van der Waals surface area contributed by atoms with Gasteiger partial charge in [0, 0.05) is 5.69 Å². The largest absolute Gasteiger partial charge is 0.760 e. The first kappa shape index (κ1) is 10.2. The van der Waals surface area contributed by atoms with Crippen LogP contribution in [0.5, 0.6) is 0 Å². The smallest absolute Gasteiger partial charge is 0.245 e. The molecule has 0 bridgehead atoms. The van der Waals surface area contributed by atoms with Crippen LogP contribution in [-0.4, -0.2) is 17.2 Å². The zero-order valence-electron chi connectivity index (χ0n) is 6.34. The summed E-state index contributed by atoms with van der Waals surface area (Å²) in [5.74, 6) is 0. The Labute approximate surface area is 77.2 Å². The van der Waals surface area contributed by atoms with Gasteiger partial charge in [-0.1, -0.05) is 0 Å². The third-order valence-corrected chi connectivity index (χ3v) is 4.21. The molecule has 0 radical (unpaired) electrons. The van der Waals surface area contributed by atoms with E-state index in [1.165, 1.54) is 12.1 Å². The Morgan fingerprint density at radius 2 is 1.69 bits per heavy atom. The minimum absolute atomic E-state index is 0.282. The van der Waals surface area contributed by atoms with E-state index in [2.05, 4.69) is 0 Å². The fraction of sp³-hybridized carbons (Fsp3) is 0. The van der Waals surface area contributed by atoms with Crippen molar-refractivity contribution in [2.75, 3.05) is 5.73 Å². The predicted molar refractivity (Wildman–Crippen MR) is 47.0 cm³/mol. The van der Waals surface area contributed by atoms with Crippen molar-refractivity contribution in [3.05, 3.63) is 24.3 Å². The molecular weight excluding hydrogens is 214 g/mol. The zero-order chi connectivity index (χ0) is 10.1. The second-order valence-corrected chi connectivity index (χ2v) is 6.15. The van der Waals surface area contributed by atoms with Crippen LogP contribution < -0.4 is 5.73 Å². The molecule has 1 unspecified atom stereocenters. The van der Waals surface area contributed by atoms with Gasteiger partial charge in [-0.25, -0.2) is 8.42 Å². The Morgan fingerprint density at radius 3 is 2.08 bits per heavy atom. The predicted octanol–water partition coefficient (Wildman–Crippen LogP) is -0.163. The lowest BCUT2D eigenvalue weighted by Crippen LogP contribution is -2.07. The number of nitrogen functional groups attached to an aromatic ring is 1. The Kier molecular flexibility index (Phi) is 2.69. The molecule has 2 N–H and O–H groups in total. The van der Waals surface area contributed by atoms with E-state index < -0.39 is 19.0 Å². The van der Waals surface area contributed by atoms with E-state index in [0.29, 0.717) is 5.69 Å². The third kappa shape index (κ3) is 2.06. The SMILES string of the molecule is Nc1ccc(S(=O)(=O)S(=O)[O-])cc1. The van der Waals surface area contributed by atoms with Gasteiger partial charge in [-0.05, 0) is 24.3 Å². The molecule has 0 saturated heterocycles. The molecule has 0 heterocycles. The van der Waals surface area contributed by atoms with E-state index in [9.17, 15) is 17.2 Å². The molecule has 1 aromatic carbocycles. The topological polar surface area (TPSA) is 100 Å². The van der Waals surface area contributed by atoms with Crippen LogP contribution in [0.15, 0.2) is 29.2 Å². The van der Waals surface area contributed by atoms with Gasteiger partial charge in [-0.15, -0.1) is 0 Å². The molecule has 0 aliphatic heterocycles. The van der Waals surface area contributed by atoms with Crippen LogP contribution in [0.2, 0.25) is 0 Å². The van der Waals surface area contributed by atoms with Crippen molar-refractivity contribution in [3.63, 3.8) is 0 Å². The second-order valence-electron chi connectivity index (χ2n) is 2.23. The first-order chi connectivity index (χ1) is 5.94. The van der Waals surface area contributed by atoms with Crippen LogP contribution in [0.3, 0.4) is 0 Å². The molecule has 7 heteroatoms. The van der Waals surface area contributed by atoms with Gasteiger partial charge in [0.25, 0.3) is 0 Å². The molecule has 0 aromatic heterocycles.